The topological polar surface area (TPSA) is 58.6 Å². The maximum Gasteiger partial charge on any atom is 0.307 e. The number of carbonyl (C=O) groups is 2. The second-order valence-corrected chi connectivity index (χ2v) is 3.61. The summed E-state index contributed by atoms with van der Waals surface area (Å²) in [5.41, 5.74) is 0. The van der Waals surface area contributed by atoms with Crippen molar-refractivity contribution in [3.8, 4) is 0 Å². The lowest BCUT2D eigenvalue weighted by Gasteiger charge is -2.11. The molecule has 0 radical (unpaired) electrons. The van der Waals surface area contributed by atoms with Crippen LogP contribution in [0.4, 0.5) is 0 Å². The third-order valence-electron chi connectivity index (χ3n) is 2.45. The Kier molecular flexibility index (Phi) is 4.55. The highest BCUT2D eigenvalue weighted by Gasteiger charge is 2.28. The number of hydrogen-bond donors (Lipinski definition) is 1. The zero-order valence-corrected chi connectivity index (χ0v) is 9.28. The Morgan fingerprint density at radius 3 is 2.93 bits per heavy atom. The van der Waals surface area contributed by atoms with Crippen LogP contribution in [0.15, 0.2) is 0 Å². The Bertz CT molecular complexity index is 243. The van der Waals surface area contributed by atoms with Crippen LogP contribution in [0.5, 0.6) is 0 Å². The summed E-state index contributed by atoms with van der Waals surface area (Å²) in [7, 11) is 1.79. The first-order valence-corrected chi connectivity index (χ1v) is 5.29. The van der Waals surface area contributed by atoms with Gasteiger partial charge in [0, 0.05) is 20.1 Å². The van der Waals surface area contributed by atoms with Gasteiger partial charge in [0.05, 0.1) is 19.1 Å². The van der Waals surface area contributed by atoms with Gasteiger partial charge in [0.1, 0.15) is 0 Å². The molecule has 0 aliphatic carbocycles. The van der Waals surface area contributed by atoms with Crippen molar-refractivity contribution < 1.29 is 14.3 Å². The summed E-state index contributed by atoms with van der Waals surface area (Å²) in [5, 5.41) is 3.06. The van der Waals surface area contributed by atoms with Crippen molar-refractivity contribution in [3.05, 3.63) is 0 Å². The molecule has 1 amide bonds. The number of hydrogen-bond acceptors (Lipinski definition) is 4. The predicted molar refractivity (Wildman–Crippen MR) is 55.3 cm³/mol. The van der Waals surface area contributed by atoms with Gasteiger partial charge in [0.15, 0.2) is 0 Å². The summed E-state index contributed by atoms with van der Waals surface area (Å²) in [5.74, 6) is -0.109. The highest BCUT2D eigenvalue weighted by Crippen LogP contribution is 2.07. The number of carbonyl (C=O) groups excluding carboxylic acids is 2. The van der Waals surface area contributed by atoms with Gasteiger partial charge in [-0.1, -0.05) is 0 Å². The molecule has 5 nitrogen and oxygen atoms in total. The molecule has 0 aromatic heterocycles. The molecule has 15 heavy (non-hydrogen) atoms. The summed E-state index contributed by atoms with van der Waals surface area (Å²) in [6.45, 7) is 3.48. The molecular weight excluding hydrogens is 196 g/mol. The van der Waals surface area contributed by atoms with E-state index >= 15 is 0 Å². The minimum absolute atomic E-state index is 0.110. The van der Waals surface area contributed by atoms with Crippen molar-refractivity contribution in [1.29, 1.82) is 0 Å². The number of rotatable bonds is 5. The highest BCUT2D eigenvalue weighted by atomic mass is 16.5. The lowest BCUT2D eigenvalue weighted by atomic mass is 10.2. The molecule has 1 atom stereocenters. The highest BCUT2D eigenvalue weighted by molar-refractivity contribution is 5.83. The molecule has 0 saturated carbocycles. The molecule has 1 rings (SSSR count). The Labute approximate surface area is 89.8 Å². The van der Waals surface area contributed by atoms with E-state index in [0.29, 0.717) is 19.6 Å². The third kappa shape index (κ3) is 3.51. The molecule has 1 heterocycles. The van der Waals surface area contributed by atoms with Gasteiger partial charge in [-0.25, -0.2) is 0 Å². The van der Waals surface area contributed by atoms with Crippen molar-refractivity contribution in [2.24, 2.45) is 0 Å². The van der Waals surface area contributed by atoms with E-state index in [1.54, 1.807) is 18.9 Å². The number of amides is 1. The fourth-order valence-electron chi connectivity index (χ4n) is 1.59. The van der Waals surface area contributed by atoms with Crippen LogP contribution in [0, 0.1) is 0 Å². The van der Waals surface area contributed by atoms with E-state index in [1.807, 2.05) is 0 Å². The van der Waals surface area contributed by atoms with Crippen molar-refractivity contribution in [1.82, 2.24) is 10.2 Å². The van der Waals surface area contributed by atoms with Crippen molar-refractivity contribution >= 4 is 11.9 Å². The van der Waals surface area contributed by atoms with Crippen molar-refractivity contribution in [3.63, 3.8) is 0 Å². The number of nitrogens with one attached hydrogen (secondary N) is 1. The van der Waals surface area contributed by atoms with Crippen molar-refractivity contribution in [2.45, 2.75) is 25.8 Å². The summed E-state index contributed by atoms with van der Waals surface area (Å²) in [6.07, 6.45) is 1.14. The lowest BCUT2D eigenvalue weighted by molar-refractivity contribution is -0.143. The molecule has 86 valence electrons. The minimum Gasteiger partial charge on any atom is -0.466 e. The smallest absolute Gasteiger partial charge is 0.307 e. The van der Waals surface area contributed by atoms with E-state index in [1.165, 1.54) is 0 Å². The molecule has 1 unspecified atom stereocenters. The molecule has 0 aromatic rings. The van der Waals surface area contributed by atoms with Gasteiger partial charge in [-0.05, 0) is 13.3 Å². The van der Waals surface area contributed by atoms with Crippen LogP contribution in [0.1, 0.15) is 19.8 Å². The Hall–Kier alpha value is -1.10. The van der Waals surface area contributed by atoms with Crippen LogP contribution in [0.2, 0.25) is 0 Å². The summed E-state index contributed by atoms with van der Waals surface area (Å²) in [4.78, 5) is 24.2. The standard InChI is InChI=1S/C10H18N2O3/c1-3-15-9(13)4-6-11-8-5-7-12(2)10(8)14/h8,11H,3-7H2,1-2H3. The lowest BCUT2D eigenvalue weighted by Crippen LogP contribution is -2.38. The fourth-order valence-corrected chi connectivity index (χ4v) is 1.59. The fraction of sp³-hybridized carbons (Fsp3) is 0.800. The molecule has 1 aliphatic rings. The first-order chi connectivity index (χ1) is 7.15. The van der Waals surface area contributed by atoms with Crippen LogP contribution in [0.25, 0.3) is 0 Å². The molecule has 1 saturated heterocycles. The average molecular weight is 214 g/mol. The van der Waals surface area contributed by atoms with E-state index < -0.39 is 0 Å². The second-order valence-electron chi connectivity index (χ2n) is 3.61. The number of ether oxygens (including phenoxy) is 1. The van der Waals surface area contributed by atoms with Gasteiger partial charge < -0.3 is 15.0 Å². The Morgan fingerprint density at radius 1 is 1.67 bits per heavy atom. The Balaban J connectivity index is 2.15. The maximum atomic E-state index is 11.5. The second kappa shape index (κ2) is 5.70. The van der Waals surface area contributed by atoms with Crippen LogP contribution in [0.3, 0.4) is 0 Å². The number of likely N-dealkylation sites (N-methyl/N-ethyl adjacent to an activating group) is 1. The van der Waals surface area contributed by atoms with Crippen LogP contribution in [-0.2, 0) is 14.3 Å². The molecule has 0 spiro atoms. The van der Waals surface area contributed by atoms with E-state index in [-0.39, 0.29) is 17.9 Å². The number of likely N-dealkylation sites (tertiary alicyclic amines) is 1. The predicted octanol–water partition coefficient (Wildman–Crippen LogP) is -0.240. The number of esters is 1. The third-order valence-corrected chi connectivity index (χ3v) is 2.45. The van der Waals surface area contributed by atoms with Gasteiger partial charge >= 0.3 is 5.97 Å². The van der Waals surface area contributed by atoms with Crippen molar-refractivity contribution in [2.75, 3.05) is 26.7 Å². The van der Waals surface area contributed by atoms with Crippen LogP contribution in [-0.4, -0.2) is 49.6 Å². The quantitative estimate of drug-likeness (QED) is 0.642. The summed E-state index contributed by atoms with van der Waals surface area (Å²) in [6, 6.07) is -0.121. The monoisotopic (exact) mass is 214 g/mol. The molecule has 1 fully saturated rings. The van der Waals surface area contributed by atoms with Gasteiger partial charge in [-0.15, -0.1) is 0 Å². The van der Waals surface area contributed by atoms with Gasteiger partial charge in [-0.3, -0.25) is 9.59 Å². The van der Waals surface area contributed by atoms with Gasteiger partial charge in [0.2, 0.25) is 5.91 Å². The first kappa shape index (κ1) is 12.0. The minimum atomic E-state index is -0.219. The van der Waals surface area contributed by atoms with E-state index in [4.69, 9.17) is 4.74 Å². The summed E-state index contributed by atoms with van der Waals surface area (Å²) >= 11 is 0. The largest absolute Gasteiger partial charge is 0.466 e. The van der Waals surface area contributed by atoms with Gasteiger partial charge in [-0.2, -0.15) is 0 Å². The van der Waals surface area contributed by atoms with E-state index in [9.17, 15) is 9.59 Å². The zero-order chi connectivity index (χ0) is 11.3. The van der Waals surface area contributed by atoms with E-state index in [2.05, 4.69) is 5.32 Å². The Morgan fingerprint density at radius 2 is 2.40 bits per heavy atom. The summed E-state index contributed by atoms with van der Waals surface area (Å²) < 4.78 is 4.78. The normalized spacial score (nSPS) is 20.8. The van der Waals surface area contributed by atoms with Gasteiger partial charge in [0.25, 0.3) is 0 Å². The molecule has 0 bridgehead atoms. The van der Waals surface area contributed by atoms with Crippen LogP contribution < -0.4 is 5.32 Å². The molecule has 1 aliphatic heterocycles. The number of nitrogens with zero attached hydrogens (tertiary/aromatic N) is 1. The average Bonchev–Trinajstić information content (AvgIpc) is 2.50. The SMILES string of the molecule is CCOC(=O)CCNC1CCN(C)C1=O. The molecule has 1 N–H and O–H groups in total. The first-order valence-electron chi connectivity index (χ1n) is 5.29. The molecular formula is C10H18N2O3. The zero-order valence-electron chi connectivity index (χ0n) is 9.28. The maximum absolute atomic E-state index is 11.5. The van der Waals surface area contributed by atoms with Crippen LogP contribution >= 0.6 is 0 Å². The molecule has 0 aromatic carbocycles. The van der Waals surface area contributed by atoms with E-state index in [0.717, 1.165) is 13.0 Å². The molecule has 5 heteroatoms.